The summed E-state index contributed by atoms with van der Waals surface area (Å²) >= 11 is 0. The lowest BCUT2D eigenvalue weighted by atomic mass is 10.0. The minimum Gasteiger partial charge on any atom is -0.490 e. The standard InChI is InChI=1S/C17H25NO3/c1-14-4-2-3-5-16(14)21-13-17(19)8-9-18(12-17)15-6-10-20-11-7-15/h2-5,15,19H,6-13H2,1H3/t17-/m1/s1. The van der Waals surface area contributed by atoms with E-state index in [2.05, 4.69) is 4.90 Å². The Morgan fingerprint density at radius 1 is 1.33 bits per heavy atom. The van der Waals surface area contributed by atoms with Crippen molar-refractivity contribution in [3.8, 4) is 5.75 Å². The highest BCUT2D eigenvalue weighted by Gasteiger charge is 2.39. The lowest BCUT2D eigenvalue weighted by Crippen LogP contribution is -2.43. The first-order valence-corrected chi connectivity index (χ1v) is 7.89. The van der Waals surface area contributed by atoms with Crippen LogP contribution in [0.3, 0.4) is 0 Å². The van der Waals surface area contributed by atoms with Gasteiger partial charge in [0.05, 0.1) is 0 Å². The maximum atomic E-state index is 10.7. The van der Waals surface area contributed by atoms with Gasteiger partial charge in [0.25, 0.3) is 0 Å². The third-order valence-electron chi connectivity index (χ3n) is 4.66. The molecule has 4 nitrogen and oxygen atoms in total. The van der Waals surface area contributed by atoms with E-state index in [4.69, 9.17) is 9.47 Å². The second-order valence-electron chi connectivity index (χ2n) is 6.34. The molecule has 0 amide bonds. The van der Waals surface area contributed by atoms with E-state index in [1.54, 1.807) is 0 Å². The average Bonchev–Trinajstić information content (AvgIpc) is 2.90. The minimum absolute atomic E-state index is 0.373. The van der Waals surface area contributed by atoms with Crippen molar-refractivity contribution >= 4 is 0 Å². The fraction of sp³-hybridized carbons (Fsp3) is 0.647. The molecule has 0 unspecified atom stereocenters. The summed E-state index contributed by atoms with van der Waals surface area (Å²) in [6, 6.07) is 8.52. The largest absolute Gasteiger partial charge is 0.490 e. The van der Waals surface area contributed by atoms with E-state index >= 15 is 0 Å². The van der Waals surface area contributed by atoms with Gasteiger partial charge >= 0.3 is 0 Å². The molecule has 1 N–H and O–H groups in total. The summed E-state index contributed by atoms with van der Waals surface area (Å²) in [5.41, 5.74) is 0.390. The highest BCUT2D eigenvalue weighted by Crippen LogP contribution is 2.28. The van der Waals surface area contributed by atoms with Gasteiger partial charge < -0.3 is 14.6 Å². The Bertz CT molecular complexity index is 473. The Morgan fingerprint density at radius 2 is 2.10 bits per heavy atom. The summed E-state index contributed by atoms with van der Waals surface area (Å²) in [4.78, 5) is 2.41. The highest BCUT2D eigenvalue weighted by atomic mass is 16.5. The third-order valence-corrected chi connectivity index (χ3v) is 4.66. The van der Waals surface area contributed by atoms with Crippen molar-refractivity contribution in [3.05, 3.63) is 29.8 Å². The number of aliphatic hydroxyl groups is 1. The zero-order valence-corrected chi connectivity index (χ0v) is 12.8. The Morgan fingerprint density at radius 3 is 2.86 bits per heavy atom. The predicted octanol–water partition coefficient (Wildman–Crippen LogP) is 1.99. The van der Waals surface area contributed by atoms with E-state index in [1.165, 1.54) is 0 Å². The van der Waals surface area contributed by atoms with Crippen LogP contribution in [-0.2, 0) is 4.74 Å². The summed E-state index contributed by atoms with van der Waals surface area (Å²) < 4.78 is 11.3. The molecule has 2 aliphatic heterocycles. The van der Waals surface area contributed by atoms with Gasteiger partial charge in [-0.25, -0.2) is 0 Å². The molecule has 21 heavy (non-hydrogen) atoms. The van der Waals surface area contributed by atoms with Gasteiger partial charge in [-0.05, 0) is 37.8 Å². The van der Waals surface area contributed by atoms with Crippen LogP contribution in [0.25, 0.3) is 0 Å². The number of para-hydroxylation sites is 1. The molecule has 2 saturated heterocycles. The Labute approximate surface area is 126 Å². The molecule has 1 aromatic carbocycles. The quantitative estimate of drug-likeness (QED) is 0.921. The van der Waals surface area contributed by atoms with E-state index in [1.807, 2.05) is 31.2 Å². The zero-order chi connectivity index (χ0) is 14.7. The molecule has 0 saturated carbocycles. The van der Waals surface area contributed by atoms with Crippen LogP contribution in [0.2, 0.25) is 0 Å². The highest BCUT2D eigenvalue weighted by molar-refractivity contribution is 5.31. The van der Waals surface area contributed by atoms with Crippen LogP contribution in [0.4, 0.5) is 0 Å². The van der Waals surface area contributed by atoms with Crippen LogP contribution >= 0.6 is 0 Å². The van der Waals surface area contributed by atoms with E-state index in [-0.39, 0.29) is 0 Å². The molecule has 116 valence electrons. The molecule has 1 atom stereocenters. The molecule has 4 heteroatoms. The first kappa shape index (κ1) is 14.8. The Balaban J connectivity index is 1.55. The number of nitrogens with zero attached hydrogens (tertiary/aromatic N) is 1. The van der Waals surface area contributed by atoms with Gasteiger partial charge in [0.2, 0.25) is 0 Å². The molecule has 0 aromatic heterocycles. The molecule has 2 fully saturated rings. The van der Waals surface area contributed by atoms with E-state index in [0.29, 0.717) is 19.2 Å². The van der Waals surface area contributed by atoms with Crippen molar-refractivity contribution in [3.63, 3.8) is 0 Å². The van der Waals surface area contributed by atoms with Crippen LogP contribution < -0.4 is 4.74 Å². The van der Waals surface area contributed by atoms with Crippen molar-refractivity contribution < 1.29 is 14.6 Å². The fourth-order valence-electron chi connectivity index (χ4n) is 3.30. The molecule has 1 aromatic rings. The van der Waals surface area contributed by atoms with Gasteiger partial charge in [-0.3, -0.25) is 4.90 Å². The number of hydrogen-bond donors (Lipinski definition) is 1. The number of rotatable bonds is 4. The van der Waals surface area contributed by atoms with E-state index < -0.39 is 5.60 Å². The third kappa shape index (κ3) is 3.57. The minimum atomic E-state index is -0.722. The maximum absolute atomic E-state index is 10.7. The summed E-state index contributed by atoms with van der Waals surface area (Å²) in [5.74, 6) is 0.871. The normalized spacial score (nSPS) is 27.9. The SMILES string of the molecule is Cc1ccccc1OC[C@@]1(O)CCN(C2CCOCC2)C1. The lowest BCUT2D eigenvalue weighted by molar-refractivity contribution is -0.0101. The predicted molar refractivity (Wildman–Crippen MR) is 81.7 cm³/mol. The fourth-order valence-corrected chi connectivity index (χ4v) is 3.30. The first-order valence-electron chi connectivity index (χ1n) is 7.89. The molecular weight excluding hydrogens is 266 g/mol. The molecule has 3 rings (SSSR count). The monoisotopic (exact) mass is 291 g/mol. The zero-order valence-electron chi connectivity index (χ0n) is 12.8. The second kappa shape index (κ2) is 6.34. The summed E-state index contributed by atoms with van der Waals surface area (Å²) in [5, 5.41) is 10.7. The molecule has 2 aliphatic rings. The van der Waals surface area contributed by atoms with Crippen LogP contribution in [0, 0.1) is 6.92 Å². The van der Waals surface area contributed by atoms with Crippen LogP contribution in [0.1, 0.15) is 24.8 Å². The van der Waals surface area contributed by atoms with Crippen molar-refractivity contribution in [2.45, 2.75) is 37.8 Å². The molecule has 0 spiro atoms. The lowest BCUT2D eigenvalue weighted by Gasteiger charge is -2.32. The van der Waals surface area contributed by atoms with Gasteiger partial charge in [0.15, 0.2) is 0 Å². The van der Waals surface area contributed by atoms with Gasteiger partial charge in [-0.15, -0.1) is 0 Å². The molecule has 0 bridgehead atoms. The number of β-amino-alcohol motifs (C(OH)–C–C–N with tert-alkyl or cyclic N) is 1. The second-order valence-corrected chi connectivity index (χ2v) is 6.34. The summed E-state index contributed by atoms with van der Waals surface area (Å²) in [6.45, 7) is 5.76. The molecule has 0 aliphatic carbocycles. The Kier molecular flexibility index (Phi) is 4.48. The maximum Gasteiger partial charge on any atom is 0.122 e. The number of aryl methyl sites for hydroxylation is 1. The van der Waals surface area contributed by atoms with Gasteiger partial charge in [-0.1, -0.05) is 18.2 Å². The average molecular weight is 291 g/mol. The van der Waals surface area contributed by atoms with Crippen molar-refractivity contribution in [1.82, 2.24) is 4.90 Å². The van der Waals surface area contributed by atoms with Crippen LogP contribution in [0.15, 0.2) is 24.3 Å². The number of hydrogen-bond acceptors (Lipinski definition) is 4. The van der Waals surface area contributed by atoms with Crippen molar-refractivity contribution in [1.29, 1.82) is 0 Å². The first-order chi connectivity index (χ1) is 10.2. The molecule has 2 heterocycles. The topological polar surface area (TPSA) is 41.9 Å². The van der Waals surface area contributed by atoms with E-state index in [9.17, 15) is 5.11 Å². The van der Waals surface area contributed by atoms with E-state index in [0.717, 1.165) is 50.3 Å². The van der Waals surface area contributed by atoms with Gasteiger partial charge in [0, 0.05) is 32.3 Å². The smallest absolute Gasteiger partial charge is 0.122 e. The van der Waals surface area contributed by atoms with Gasteiger partial charge in [-0.2, -0.15) is 0 Å². The Hall–Kier alpha value is -1.10. The molecular formula is C17H25NO3. The molecule has 0 radical (unpaired) electrons. The number of ether oxygens (including phenoxy) is 2. The van der Waals surface area contributed by atoms with Crippen LogP contribution in [-0.4, -0.2) is 54.6 Å². The van der Waals surface area contributed by atoms with Crippen molar-refractivity contribution in [2.24, 2.45) is 0 Å². The summed E-state index contributed by atoms with van der Waals surface area (Å²) in [7, 11) is 0. The number of benzene rings is 1. The number of likely N-dealkylation sites (tertiary alicyclic amines) is 1. The summed E-state index contributed by atoms with van der Waals surface area (Å²) in [6.07, 6.45) is 2.94. The van der Waals surface area contributed by atoms with Crippen molar-refractivity contribution in [2.75, 3.05) is 32.9 Å². The van der Waals surface area contributed by atoms with Crippen LogP contribution in [0.5, 0.6) is 5.75 Å². The van der Waals surface area contributed by atoms with Gasteiger partial charge in [0.1, 0.15) is 18.0 Å².